The molecule has 0 aliphatic carbocycles. The highest BCUT2D eigenvalue weighted by molar-refractivity contribution is 5.90. The second-order valence-corrected chi connectivity index (χ2v) is 5.51. The van der Waals surface area contributed by atoms with Gasteiger partial charge in [-0.3, -0.25) is 4.79 Å². The lowest BCUT2D eigenvalue weighted by Gasteiger charge is -2.12. The average molecular weight is 320 g/mol. The van der Waals surface area contributed by atoms with Crippen LogP contribution in [-0.2, 0) is 14.3 Å². The fourth-order valence-corrected chi connectivity index (χ4v) is 2.28. The lowest BCUT2D eigenvalue weighted by molar-refractivity contribution is -0.119. The minimum Gasteiger partial charge on any atom is -0.462 e. The Morgan fingerprint density at radius 1 is 1.30 bits per heavy atom. The van der Waals surface area contributed by atoms with Crippen molar-refractivity contribution in [3.8, 4) is 0 Å². The quantitative estimate of drug-likeness (QED) is 0.716. The van der Waals surface area contributed by atoms with Crippen LogP contribution in [0.4, 0.5) is 5.69 Å². The van der Waals surface area contributed by atoms with E-state index in [0.29, 0.717) is 18.7 Å². The van der Waals surface area contributed by atoms with E-state index in [1.807, 2.05) is 6.92 Å². The predicted octanol–water partition coefficient (Wildman–Crippen LogP) is 1.96. The van der Waals surface area contributed by atoms with Gasteiger partial charge in [-0.05, 0) is 43.5 Å². The first-order chi connectivity index (χ1) is 11.2. The molecule has 6 nitrogen and oxygen atoms in total. The van der Waals surface area contributed by atoms with Crippen molar-refractivity contribution in [2.75, 3.05) is 31.6 Å². The van der Waals surface area contributed by atoms with Crippen LogP contribution >= 0.6 is 0 Å². The van der Waals surface area contributed by atoms with Crippen LogP contribution in [0.25, 0.3) is 0 Å². The van der Waals surface area contributed by atoms with E-state index in [-0.39, 0.29) is 24.5 Å². The largest absolute Gasteiger partial charge is 0.462 e. The smallest absolute Gasteiger partial charge is 0.338 e. The summed E-state index contributed by atoms with van der Waals surface area (Å²) in [5.74, 6) is -0.403. The van der Waals surface area contributed by atoms with Crippen molar-refractivity contribution in [2.45, 2.75) is 32.3 Å². The number of nitrogens with one attached hydrogen (secondary N) is 2. The summed E-state index contributed by atoms with van der Waals surface area (Å²) in [7, 11) is 0. The van der Waals surface area contributed by atoms with Gasteiger partial charge in [-0.2, -0.15) is 0 Å². The first kappa shape index (κ1) is 17.3. The Balaban J connectivity index is 1.70. The van der Waals surface area contributed by atoms with Crippen molar-refractivity contribution >= 4 is 17.6 Å². The number of amides is 1. The van der Waals surface area contributed by atoms with E-state index in [2.05, 4.69) is 10.6 Å². The molecule has 1 aromatic rings. The highest BCUT2D eigenvalue weighted by atomic mass is 16.5. The molecule has 0 saturated carbocycles. The van der Waals surface area contributed by atoms with Gasteiger partial charge in [0, 0.05) is 18.8 Å². The van der Waals surface area contributed by atoms with Gasteiger partial charge in [0.15, 0.2) is 0 Å². The van der Waals surface area contributed by atoms with E-state index in [1.165, 1.54) is 0 Å². The topological polar surface area (TPSA) is 76.7 Å². The third-order valence-corrected chi connectivity index (χ3v) is 3.56. The van der Waals surface area contributed by atoms with Crippen LogP contribution < -0.4 is 10.6 Å². The Labute approximate surface area is 136 Å². The van der Waals surface area contributed by atoms with Crippen molar-refractivity contribution in [2.24, 2.45) is 0 Å². The van der Waals surface area contributed by atoms with Crippen molar-refractivity contribution < 1.29 is 19.1 Å². The van der Waals surface area contributed by atoms with Crippen LogP contribution in [0, 0.1) is 0 Å². The fourth-order valence-electron chi connectivity index (χ4n) is 2.28. The molecule has 1 aliphatic heterocycles. The number of carbonyl (C=O) groups excluding carboxylic acids is 2. The molecular weight excluding hydrogens is 296 g/mol. The number of anilines is 1. The molecule has 1 aromatic carbocycles. The van der Waals surface area contributed by atoms with E-state index in [9.17, 15) is 9.59 Å². The van der Waals surface area contributed by atoms with Gasteiger partial charge in [-0.25, -0.2) is 4.79 Å². The molecule has 0 aromatic heterocycles. The lowest BCUT2D eigenvalue weighted by atomic mass is 10.2. The molecule has 0 bridgehead atoms. The number of carbonyl (C=O) groups is 2. The average Bonchev–Trinajstić information content (AvgIpc) is 3.10. The molecule has 1 fully saturated rings. The van der Waals surface area contributed by atoms with Crippen LogP contribution in [0.1, 0.15) is 36.5 Å². The molecule has 1 saturated heterocycles. The first-order valence-electron chi connectivity index (χ1n) is 8.08. The molecule has 1 aliphatic rings. The van der Waals surface area contributed by atoms with Crippen LogP contribution in [0.5, 0.6) is 0 Å². The Hall–Kier alpha value is -2.08. The SMILES string of the molecule is CCCOC(=O)c1ccc(NCC(=O)NCC2CCCO2)cc1. The minimum absolute atomic E-state index is 0.0769. The summed E-state index contributed by atoms with van der Waals surface area (Å²) in [4.78, 5) is 23.4. The van der Waals surface area contributed by atoms with Crippen molar-refractivity contribution in [3.63, 3.8) is 0 Å². The molecule has 2 rings (SSSR count). The molecule has 1 amide bonds. The van der Waals surface area contributed by atoms with E-state index in [1.54, 1.807) is 24.3 Å². The maximum Gasteiger partial charge on any atom is 0.338 e. The van der Waals surface area contributed by atoms with Crippen LogP contribution in [-0.4, -0.2) is 44.3 Å². The number of rotatable bonds is 8. The highest BCUT2D eigenvalue weighted by Crippen LogP contribution is 2.11. The molecule has 1 heterocycles. The van der Waals surface area contributed by atoms with Crippen molar-refractivity contribution in [1.29, 1.82) is 0 Å². The zero-order chi connectivity index (χ0) is 16.5. The van der Waals surface area contributed by atoms with Gasteiger partial charge in [-0.1, -0.05) is 6.92 Å². The summed E-state index contributed by atoms with van der Waals surface area (Å²) in [5, 5.41) is 5.87. The molecule has 23 heavy (non-hydrogen) atoms. The van der Waals surface area contributed by atoms with Crippen molar-refractivity contribution in [3.05, 3.63) is 29.8 Å². The molecule has 1 atom stereocenters. The second-order valence-electron chi connectivity index (χ2n) is 5.51. The Morgan fingerprint density at radius 2 is 2.09 bits per heavy atom. The maximum absolute atomic E-state index is 11.8. The minimum atomic E-state index is -0.326. The summed E-state index contributed by atoms with van der Waals surface area (Å²) >= 11 is 0. The van der Waals surface area contributed by atoms with Gasteiger partial charge in [0.05, 0.1) is 24.8 Å². The Kier molecular flexibility index (Phi) is 6.87. The molecular formula is C17H24N2O4. The van der Waals surface area contributed by atoms with Gasteiger partial charge >= 0.3 is 5.97 Å². The first-order valence-corrected chi connectivity index (χ1v) is 8.08. The van der Waals surface area contributed by atoms with Gasteiger partial charge in [0.25, 0.3) is 0 Å². The van der Waals surface area contributed by atoms with Crippen LogP contribution in [0.15, 0.2) is 24.3 Å². The van der Waals surface area contributed by atoms with Gasteiger partial charge in [0.1, 0.15) is 0 Å². The number of esters is 1. The van der Waals surface area contributed by atoms with E-state index < -0.39 is 0 Å². The lowest BCUT2D eigenvalue weighted by Crippen LogP contribution is -2.35. The standard InChI is InChI=1S/C17H24N2O4/c1-2-9-23-17(21)13-5-7-14(8-6-13)18-12-16(20)19-11-15-4-3-10-22-15/h5-8,15,18H,2-4,9-12H2,1H3,(H,19,20). The molecule has 6 heteroatoms. The highest BCUT2D eigenvalue weighted by Gasteiger charge is 2.15. The fraction of sp³-hybridized carbons (Fsp3) is 0.529. The predicted molar refractivity (Wildman–Crippen MR) is 87.5 cm³/mol. The number of hydrogen-bond acceptors (Lipinski definition) is 5. The Bertz CT molecular complexity index is 510. The van der Waals surface area contributed by atoms with E-state index >= 15 is 0 Å². The Morgan fingerprint density at radius 3 is 2.74 bits per heavy atom. The zero-order valence-corrected chi connectivity index (χ0v) is 13.5. The van der Waals surface area contributed by atoms with Gasteiger partial charge in [-0.15, -0.1) is 0 Å². The van der Waals surface area contributed by atoms with Gasteiger partial charge < -0.3 is 20.1 Å². The number of benzene rings is 1. The molecule has 1 unspecified atom stereocenters. The van der Waals surface area contributed by atoms with E-state index in [4.69, 9.17) is 9.47 Å². The number of ether oxygens (including phenoxy) is 2. The number of hydrogen-bond donors (Lipinski definition) is 2. The summed E-state index contributed by atoms with van der Waals surface area (Å²) in [5.41, 5.74) is 1.29. The van der Waals surface area contributed by atoms with E-state index in [0.717, 1.165) is 31.6 Å². The zero-order valence-electron chi connectivity index (χ0n) is 13.5. The third-order valence-electron chi connectivity index (χ3n) is 3.56. The summed E-state index contributed by atoms with van der Waals surface area (Å²) in [6.45, 7) is 3.90. The normalized spacial score (nSPS) is 16.8. The summed E-state index contributed by atoms with van der Waals surface area (Å²) in [6.07, 6.45) is 3.01. The van der Waals surface area contributed by atoms with Crippen LogP contribution in [0.2, 0.25) is 0 Å². The maximum atomic E-state index is 11.8. The van der Waals surface area contributed by atoms with Crippen LogP contribution in [0.3, 0.4) is 0 Å². The molecule has 126 valence electrons. The summed E-state index contributed by atoms with van der Waals surface area (Å²) in [6, 6.07) is 6.89. The molecule has 0 radical (unpaired) electrons. The molecule has 0 spiro atoms. The summed E-state index contributed by atoms with van der Waals surface area (Å²) < 4.78 is 10.5. The molecule has 2 N–H and O–H groups in total. The van der Waals surface area contributed by atoms with Gasteiger partial charge in [0.2, 0.25) is 5.91 Å². The third kappa shape index (κ3) is 5.90. The second kappa shape index (κ2) is 9.15. The van der Waals surface area contributed by atoms with Crippen molar-refractivity contribution in [1.82, 2.24) is 5.32 Å². The monoisotopic (exact) mass is 320 g/mol.